The lowest BCUT2D eigenvalue weighted by Gasteiger charge is -2.43. The average Bonchev–Trinajstić information content (AvgIpc) is 2.73. The van der Waals surface area contributed by atoms with Crippen molar-refractivity contribution < 1.29 is 14.6 Å². The second-order valence-corrected chi connectivity index (χ2v) is 8.75. The largest absolute Gasteiger partial charge is 0.504 e. The van der Waals surface area contributed by atoms with Crippen LogP contribution >= 0.6 is 0 Å². The van der Waals surface area contributed by atoms with Crippen LogP contribution in [0.1, 0.15) is 38.2 Å². The van der Waals surface area contributed by atoms with E-state index in [1.165, 1.54) is 13.2 Å². The van der Waals surface area contributed by atoms with Crippen molar-refractivity contribution in [3.05, 3.63) is 76.8 Å². The van der Waals surface area contributed by atoms with Crippen molar-refractivity contribution in [3.63, 3.8) is 0 Å². The Morgan fingerprint density at radius 1 is 1.19 bits per heavy atom. The monoisotopic (exact) mass is 415 g/mol. The number of benzene rings is 2. The summed E-state index contributed by atoms with van der Waals surface area (Å²) in [5, 5.41) is 20.1. The predicted octanol–water partition coefficient (Wildman–Crippen LogP) is 4.34. The fourth-order valence-corrected chi connectivity index (χ4v) is 4.59. The maximum atomic E-state index is 13.5. The van der Waals surface area contributed by atoms with Gasteiger partial charge in [0, 0.05) is 23.4 Å². The van der Waals surface area contributed by atoms with Crippen LogP contribution in [0, 0.1) is 16.7 Å². The molecule has 0 fully saturated rings. The molecule has 0 saturated carbocycles. The minimum Gasteiger partial charge on any atom is -0.504 e. The van der Waals surface area contributed by atoms with Gasteiger partial charge in [-0.05, 0) is 41.7 Å². The Morgan fingerprint density at radius 3 is 2.55 bits per heavy atom. The van der Waals surface area contributed by atoms with Gasteiger partial charge in [-0.1, -0.05) is 38.1 Å². The van der Waals surface area contributed by atoms with Crippen LogP contribution in [-0.4, -0.2) is 18.0 Å². The number of para-hydroxylation sites is 1. The lowest BCUT2D eigenvalue weighted by atomic mass is 9.68. The number of nitriles is 1. The number of nitrogens with zero attached hydrogens (tertiary/aromatic N) is 2. The van der Waals surface area contributed by atoms with Crippen LogP contribution in [0.5, 0.6) is 11.5 Å². The molecular weight excluding hydrogens is 390 g/mol. The van der Waals surface area contributed by atoms with Gasteiger partial charge in [0.15, 0.2) is 17.3 Å². The van der Waals surface area contributed by atoms with Gasteiger partial charge in [0.25, 0.3) is 0 Å². The molecule has 1 aliphatic heterocycles. The number of hydrogen-bond donors (Lipinski definition) is 2. The summed E-state index contributed by atoms with van der Waals surface area (Å²) in [6.45, 7) is 4.13. The first-order chi connectivity index (χ1) is 14.8. The van der Waals surface area contributed by atoms with Gasteiger partial charge in [-0.15, -0.1) is 0 Å². The van der Waals surface area contributed by atoms with E-state index in [0.29, 0.717) is 35.4 Å². The van der Waals surface area contributed by atoms with Crippen LogP contribution in [0.2, 0.25) is 0 Å². The van der Waals surface area contributed by atoms with E-state index in [2.05, 4.69) is 19.9 Å². The minimum atomic E-state index is -0.613. The molecule has 0 bridgehead atoms. The smallest absolute Gasteiger partial charge is 0.162 e. The highest BCUT2D eigenvalue weighted by Crippen LogP contribution is 2.50. The lowest BCUT2D eigenvalue weighted by Crippen LogP contribution is -2.42. The quantitative estimate of drug-likeness (QED) is 0.773. The van der Waals surface area contributed by atoms with Gasteiger partial charge in [-0.25, -0.2) is 0 Å². The zero-order valence-electron chi connectivity index (χ0n) is 17.8. The maximum Gasteiger partial charge on any atom is 0.162 e. The van der Waals surface area contributed by atoms with Crippen LogP contribution in [-0.2, 0) is 4.79 Å². The summed E-state index contributed by atoms with van der Waals surface area (Å²) in [6, 6.07) is 16.7. The molecule has 0 saturated heterocycles. The van der Waals surface area contributed by atoms with Crippen molar-refractivity contribution in [2.45, 2.75) is 32.6 Å². The van der Waals surface area contributed by atoms with Crippen LogP contribution in [0.3, 0.4) is 0 Å². The third-order valence-electron chi connectivity index (χ3n) is 5.93. The topological polar surface area (TPSA) is 99.6 Å². The highest BCUT2D eigenvalue weighted by Gasteiger charge is 2.44. The lowest BCUT2D eigenvalue weighted by molar-refractivity contribution is -0.118. The van der Waals surface area contributed by atoms with Crippen molar-refractivity contribution in [2.24, 2.45) is 11.1 Å². The summed E-state index contributed by atoms with van der Waals surface area (Å²) in [5.74, 6) is -0.0177. The van der Waals surface area contributed by atoms with Gasteiger partial charge in [0.2, 0.25) is 0 Å². The number of methoxy groups -OCH3 is 1. The summed E-state index contributed by atoms with van der Waals surface area (Å²) in [5.41, 5.74) is 9.57. The second kappa shape index (κ2) is 7.51. The molecule has 1 atom stereocenters. The van der Waals surface area contributed by atoms with Gasteiger partial charge in [-0.2, -0.15) is 5.26 Å². The first kappa shape index (κ1) is 20.5. The maximum absolute atomic E-state index is 13.5. The van der Waals surface area contributed by atoms with E-state index in [4.69, 9.17) is 10.5 Å². The highest BCUT2D eigenvalue weighted by atomic mass is 16.5. The normalized spacial score (nSPS) is 20.4. The fourth-order valence-electron chi connectivity index (χ4n) is 4.59. The molecule has 4 rings (SSSR count). The molecule has 0 amide bonds. The van der Waals surface area contributed by atoms with E-state index < -0.39 is 5.92 Å². The van der Waals surface area contributed by atoms with Crippen LogP contribution in [0.4, 0.5) is 5.69 Å². The second-order valence-electron chi connectivity index (χ2n) is 8.75. The van der Waals surface area contributed by atoms with E-state index in [9.17, 15) is 15.2 Å². The molecule has 2 aromatic rings. The third kappa shape index (κ3) is 3.42. The Hall–Kier alpha value is -3.72. The van der Waals surface area contributed by atoms with Gasteiger partial charge in [0.1, 0.15) is 5.82 Å². The standard InChI is InChI=1S/C25H25N3O3/c1-25(2)12-18-23(20(30)13-25)22(15-9-10-19(29)21(11-15)31-3)17(14-26)24(27)28(18)16-7-5-4-6-8-16/h4-11,22,29H,12-13,27H2,1-3H3/t22-/m0/s1. The average molecular weight is 415 g/mol. The molecule has 0 radical (unpaired) electrons. The number of allylic oxidation sites excluding steroid dienone is 3. The third-order valence-corrected chi connectivity index (χ3v) is 5.93. The molecule has 6 nitrogen and oxygen atoms in total. The Morgan fingerprint density at radius 2 is 1.90 bits per heavy atom. The number of Topliss-reactive ketones (excluding diaryl/α,β-unsaturated/α-hetero) is 1. The Balaban J connectivity index is 2.00. The van der Waals surface area contributed by atoms with Crippen LogP contribution in [0.25, 0.3) is 0 Å². The van der Waals surface area contributed by atoms with Crippen molar-refractivity contribution in [3.8, 4) is 17.6 Å². The summed E-state index contributed by atoms with van der Waals surface area (Å²) < 4.78 is 5.27. The molecule has 31 heavy (non-hydrogen) atoms. The van der Waals surface area contributed by atoms with Crippen molar-refractivity contribution >= 4 is 11.5 Å². The van der Waals surface area contributed by atoms with E-state index >= 15 is 0 Å². The Kier molecular flexibility index (Phi) is 4.98. The molecule has 3 N–H and O–H groups in total. The number of carbonyl (C=O) groups is 1. The number of aromatic hydroxyl groups is 1. The molecule has 1 heterocycles. The van der Waals surface area contributed by atoms with Crippen LogP contribution < -0.4 is 15.4 Å². The Labute approximate surface area is 181 Å². The first-order valence-corrected chi connectivity index (χ1v) is 10.2. The molecule has 2 aliphatic rings. The molecule has 2 aromatic carbocycles. The van der Waals surface area contributed by atoms with E-state index in [1.54, 1.807) is 12.1 Å². The number of ether oxygens (including phenoxy) is 1. The van der Waals surface area contributed by atoms with Crippen molar-refractivity contribution in [1.29, 1.82) is 5.26 Å². The molecular formula is C25H25N3O3. The predicted molar refractivity (Wildman–Crippen MR) is 118 cm³/mol. The number of anilines is 1. The van der Waals surface area contributed by atoms with E-state index in [1.807, 2.05) is 35.2 Å². The van der Waals surface area contributed by atoms with Gasteiger partial charge >= 0.3 is 0 Å². The van der Waals surface area contributed by atoms with Crippen molar-refractivity contribution in [1.82, 2.24) is 0 Å². The van der Waals surface area contributed by atoms with Crippen LogP contribution in [0.15, 0.2) is 71.2 Å². The summed E-state index contributed by atoms with van der Waals surface area (Å²) in [4.78, 5) is 15.3. The zero-order valence-corrected chi connectivity index (χ0v) is 17.8. The first-order valence-electron chi connectivity index (χ1n) is 10.2. The fraction of sp³-hybridized carbons (Fsp3) is 0.280. The number of phenolic OH excluding ortho intramolecular Hbond substituents is 1. The van der Waals surface area contributed by atoms with Crippen molar-refractivity contribution in [2.75, 3.05) is 12.0 Å². The number of nitrogens with two attached hydrogens (primary N) is 1. The molecule has 1 aliphatic carbocycles. The molecule has 0 aromatic heterocycles. The Bertz CT molecular complexity index is 1160. The summed E-state index contributed by atoms with van der Waals surface area (Å²) in [6.07, 6.45) is 1.03. The van der Waals surface area contributed by atoms with Gasteiger partial charge in [-0.3, -0.25) is 9.69 Å². The van der Waals surface area contributed by atoms with E-state index in [0.717, 1.165) is 11.4 Å². The SMILES string of the molecule is COc1cc([C@H]2C(C#N)=C(N)N(c3ccccc3)C3=C2C(=O)CC(C)(C)C3)ccc1O. The molecule has 0 unspecified atom stereocenters. The van der Waals surface area contributed by atoms with Gasteiger partial charge < -0.3 is 15.6 Å². The van der Waals surface area contributed by atoms with E-state index in [-0.39, 0.29) is 22.7 Å². The molecule has 6 heteroatoms. The molecule has 158 valence electrons. The number of hydrogen-bond acceptors (Lipinski definition) is 6. The van der Waals surface area contributed by atoms with Gasteiger partial charge in [0.05, 0.1) is 24.7 Å². The number of carbonyl (C=O) groups excluding carboxylic acids is 1. The number of phenols is 1. The highest BCUT2D eigenvalue weighted by molar-refractivity contribution is 6.01. The number of ketones is 1. The zero-order chi connectivity index (χ0) is 22.3. The summed E-state index contributed by atoms with van der Waals surface area (Å²) in [7, 11) is 1.46. The summed E-state index contributed by atoms with van der Waals surface area (Å²) >= 11 is 0. The molecule has 0 spiro atoms. The number of rotatable bonds is 3. The minimum absolute atomic E-state index is 0.00414.